The van der Waals surface area contributed by atoms with Gasteiger partial charge < -0.3 is 0 Å². The first kappa shape index (κ1) is 14.7. The van der Waals surface area contributed by atoms with Gasteiger partial charge in [-0.1, -0.05) is 6.07 Å². The SMILES string of the molecule is CC(Cl)c1nc2ccc(F)c(F)c2n1-c1cccc(I)c1. The van der Waals surface area contributed by atoms with Crippen LogP contribution in [0.15, 0.2) is 36.4 Å². The number of nitrogens with zero attached hydrogens (tertiary/aromatic N) is 2. The molecule has 6 heteroatoms. The topological polar surface area (TPSA) is 17.8 Å². The highest BCUT2D eigenvalue weighted by Crippen LogP contribution is 2.30. The average Bonchev–Trinajstić information content (AvgIpc) is 2.83. The standard InChI is InChI=1S/C15H10ClF2IN2/c1-8(16)15-20-12-6-5-11(17)13(18)14(12)21(15)10-4-2-3-9(19)7-10/h2-8H,1H3. The molecule has 0 bridgehead atoms. The molecule has 0 aliphatic carbocycles. The molecule has 21 heavy (non-hydrogen) atoms. The van der Waals surface area contributed by atoms with Crippen molar-refractivity contribution in [3.63, 3.8) is 0 Å². The zero-order chi connectivity index (χ0) is 15.1. The number of rotatable bonds is 2. The Hall–Kier alpha value is -1.21. The van der Waals surface area contributed by atoms with E-state index in [0.717, 1.165) is 9.64 Å². The summed E-state index contributed by atoms with van der Waals surface area (Å²) in [6.07, 6.45) is 0. The molecule has 3 aromatic rings. The number of alkyl halides is 1. The van der Waals surface area contributed by atoms with Crippen molar-refractivity contribution in [2.45, 2.75) is 12.3 Å². The van der Waals surface area contributed by atoms with E-state index >= 15 is 0 Å². The van der Waals surface area contributed by atoms with Gasteiger partial charge in [-0.05, 0) is 59.8 Å². The molecule has 0 saturated heterocycles. The van der Waals surface area contributed by atoms with Gasteiger partial charge >= 0.3 is 0 Å². The van der Waals surface area contributed by atoms with Crippen LogP contribution in [0.2, 0.25) is 0 Å². The fourth-order valence-electron chi connectivity index (χ4n) is 2.26. The van der Waals surface area contributed by atoms with Gasteiger partial charge in [-0.3, -0.25) is 4.57 Å². The third-order valence-electron chi connectivity index (χ3n) is 3.16. The smallest absolute Gasteiger partial charge is 0.185 e. The minimum absolute atomic E-state index is 0.111. The number of benzene rings is 2. The Morgan fingerprint density at radius 3 is 2.67 bits per heavy atom. The normalized spacial score (nSPS) is 12.8. The summed E-state index contributed by atoms with van der Waals surface area (Å²) in [5.74, 6) is -1.33. The molecule has 0 radical (unpaired) electrons. The van der Waals surface area contributed by atoms with Crippen molar-refractivity contribution in [2.24, 2.45) is 0 Å². The molecule has 1 heterocycles. The molecule has 0 saturated carbocycles. The first-order chi connectivity index (χ1) is 9.99. The molecule has 2 nitrogen and oxygen atoms in total. The lowest BCUT2D eigenvalue weighted by Crippen LogP contribution is -2.03. The van der Waals surface area contributed by atoms with Crippen molar-refractivity contribution in [3.8, 4) is 5.69 Å². The quantitative estimate of drug-likeness (QED) is 0.413. The van der Waals surface area contributed by atoms with Gasteiger partial charge in [-0.2, -0.15) is 0 Å². The van der Waals surface area contributed by atoms with Crippen LogP contribution >= 0.6 is 34.2 Å². The van der Waals surface area contributed by atoms with Gasteiger partial charge in [-0.25, -0.2) is 13.8 Å². The Labute approximate surface area is 138 Å². The van der Waals surface area contributed by atoms with E-state index in [4.69, 9.17) is 11.6 Å². The summed E-state index contributed by atoms with van der Waals surface area (Å²) in [6.45, 7) is 1.75. The van der Waals surface area contributed by atoms with Crippen LogP contribution in [0, 0.1) is 15.2 Å². The lowest BCUT2D eigenvalue weighted by Gasteiger charge is -2.11. The highest BCUT2D eigenvalue weighted by Gasteiger charge is 2.21. The van der Waals surface area contributed by atoms with E-state index in [2.05, 4.69) is 27.6 Å². The molecule has 0 aliphatic heterocycles. The summed E-state index contributed by atoms with van der Waals surface area (Å²) in [7, 11) is 0. The molecular formula is C15H10ClF2IN2. The molecule has 2 aromatic carbocycles. The van der Waals surface area contributed by atoms with Crippen LogP contribution in [0.4, 0.5) is 8.78 Å². The molecule has 0 fully saturated rings. The van der Waals surface area contributed by atoms with E-state index < -0.39 is 17.0 Å². The van der Waals surface area contributed by atoms with Crippen LogP contribution in [0.25, 0.3) is 16.7 Å². The molecule has 1 unspecified atom stereocenters. The van der Waals surface area contributed by atoms with Gasteiger partial charge in [0.2, 0.25) is 0 Å². The third-order valence-corrected chi connectivity index (χ3v) is 4.02. The Morgan fingerprint density at radius 1 is 1.24 bits per heavy atom. The minimum Gasteiger partial charge on any atom is -0.292 e. The maximum atomic E-state index is 14.2. The van der Waals surface area contributed by atoms with Crippen LogP contribution in [0.5, 0.6) is 0 Å². The minimum atomic E-state index is -0.914. The van der Waals surface area contributed by atoms with Crippen molar-refractivity contribution in [2.75, 3.05) is 0 Å². The number of hydrogen-bond acceptors (Lipinski definition) is 1. The fourth-order valence-corrected chi connectivity index (χ4v) is 2.94. The second-order valence-corrected chi connectivity index (χ2v) is 6.53. The molecule has 0 N–H and O–H groups in total. The largest absolute Gasteiger partial charge is 0.292 e. The van der Waals surface area contributed by atoms with E-state index in [1.807, 2.05) is 24.3 Å². The number of hydrogen-bond donors (Lipinski definition) is 0. The molecule has 0 spiro atoms. The first-order valence-electron chi connectivity index (χ1n) is 6.25. The molecule has 1 atom stereocenters. The van der Waals surface area contributed by atoms with Crippen LogP contribution in [-0.4, -0.2) is 9.55 Å². The third kappa shape index (κ3) is 2.53. The monoisotopic (exact) mass is 418 g/mol. The van der Waals surface area contributed by atoms with Crippen molar-refractivity contribution < 1.29 is 8.78 Å². The predicted octanol–water partition coefficient (Wildman–Crippen LogP) is 5.21. The van der Waals surface area contributed by atoms with Gasteiger partial charge in [0.15, 0.2) is 11.6 Å². The van der Waals surface area contributed by atoms with Crippen molar-refractivity contribution >= 4 is 45.2 Å². The number of imidazole rings is 1. The van der Waals surface area contributed by atoms with Crippen LogP contribution in [0.1, 0.15) is 18.1 Å². The summed E-state index contributed by atoms with van der Waals surface area (Å²) in [4.78, 5) is 4.34. The lowest BCUT2D eigenvalue weighted by molar-refractivity contribution is 0.514. The Bertz CT molecular complexity index is 830. The van der Waals surface area contributed by atoms with Crippen LogP contribution in [-0.2, 0) is 0 Å². The van der Waals surface area contributed by atoms with E-state index in [0.29, 0.717) is 17.0 Å². The summed E-state index contributed by atoms with van der Waals surface area (Å²) < 4.78 is 30.4. The lowest BCUT2D eigenvalue weighted by atomic mass is 10.2. The predicted molar refractivity (Wildman–Crippen MR) is 88.0 cm³/mol. The highest BCUT2D eigenvalue weighted by molar-refractivity contribution is 14.1. The molecule has 3 rings (SSSR count). The van der Waals surface area contributed by atoms with Gasteiger partial charge in [0.25, 0.3) is 0 Å². The highest BCUT2D eigenvalue weighted by atomic mass is 127. The first-order valence-corrected chi connectivity index (χ1v) is 7.77. The van der Waals surface area contributed by atoms with Gasteiger partial charge in [-0.15, -0.1) is 11.6 Å². The summed E-state index contributed by atoms with van der Waals surface area (Å²) in [6, 6.07) is 9.99. The van der Waals surface area contributed by atoms with E-state index in [1.165, 1.54) is 6.07 Å². The summed E-state index contributed by atoms with van der Waals surface area (Å²) >= 11 is 8.32. The second kappa shape index (κ2) is 5.53. The van der Waals surface area contributed by atoms with Gasteiger partial charge in [0, 0.05) is 9.26 Å². The zero-order valence-corrected chi connectivity index (χ0v) is 13.9. The number of halogens is 4. The Morgan fingerprint density at radius 2 is 2.00 bits per heavy atom. The molecule has 108 valence electrons. The number of fused-ring (bicyclic) bond motifs is 1. The summed E-state index contributed by atoms with van der Waals surface area (Å²) in [5.41, 5.74) is 1.20. The number of aromatic nitrogens is 2. The molecular weight excluding hydrogens is 409 g/mol. The Balaban J connectivity index is 2.43. The van der Waals surface area contributed by atoms with Gasteiger partial charge in [0.05, 0.1) is 10.9 Å². The maximum absolute atomic E-state index is 14.2. The van der Waals surface area contributed by atoms with Crippen LogP contribution < -0.4 is 0 Å². The molecule has 0 amide bonds. The second-order valence-electron chi connectivity index (χ2n) is 4.63. The Kier molecular flexibility index (Phi) is 3.88. The van der Waals surface area contributed by atoms with E-state index in [9.17, 15) is 8.78 Å². The van der Waals surface area contributed by atoms with E-state index in [-0.39, 0.29) is 5.52 Å². The van der Waals surface area contributed by atoms with Crippen molar-refractivity contribution in [1.29, 1.82) is 0 Å². The maximum Gasteiger partial charge on any atom is 0.185 e. The van der Waals surface area contributed by atoms with Crippen molar-refractivity contribution in [3.05, 3.63) is 57.4 Å². The zero-order valence-electron chi connectivity index (χ0n) is 10.9. The fraction of sp³-hybridized carbons (Fsp3) is 0.133. The molecule has 1 aromatic heterocycles. The van der Waals surface area contributed by atoms with Gasteiger partial charge in [0.1, 0.15) is 11.3 Å². The van der Waals surface area contributed by atoms with Crippen molar-refractivity contribution in [1.82, 2.24) is 9.55 Å². The van der Waals surface area contributed by atoms with Crippen LogP contribution in [0.3, 0.4) is 0 Å². The van der Waals surface area contributed by atoms with E-state index in [1.54, 1.807) is 11.5 Å². The molecule has 0 aliphatic rings. The average molecular weight is 419 g/mol. The summed E-state index contributed by atoms with van der Waals surface area (Å²) in [5, 5.41) is -0.433.